The molecule has 0 fully saturated rings. The number of hydrogen-bond acceptors (Lipinski definition) is 5. The number of fused-ring (bicyclic) bond motifs is 1. The standard InChI is InChI=1S/C24H17ClN2O5/c25-19-11-15(8-9-21(19)31-14-16-4-3-6-18(10-16)24(29)30)13-26-27-23(28)22-12-17-5-1-2-7-20(17)32-22/h1-13H,14H2,(H,27,28)(H,29,30). The third-order valence-corrected chi connectivity index (χ3v) is 4.85. The molecule has 0 saturated carbocycles. The third-order valence-electron chi connectivity index (χ3n) is 4.55. The molecular formula is C24H17ClN2O5. The number of nitrogens with one attached hydrogen (secondary N) is 1. The first kappa shape index (κ1) is 21.1. The first-order chi connectivity index (χ1) is 15.5. The van der Waals surface area contributed by atoms with Crippen molar-refractivity contribution in [1.82, 2.24) is 5.43 Å². The molecule has 0 atom stereocenters. The second kappa shape index (κ2) is 9.36. The number of carbonyl (C=O) groups is 2. The molecule has 0 radical (unpaired) electrons. The molecule has 32 heavy (non-hydrogen) atoms. The van der Waals surface area contributed by atoms with E-state index in [2.05, 4.69) is 10.5 Å². The van der Waals surface area contributed by atoms with Crippen molar-refractivity contribution in [3.63, 3.8) is 0 Å². The second-order valence-electron chi connectivity index (χ2n) is 6.83. The Hall–Kier alpha value is -4.10. The van der Waals surface area contributed by atoms with Crippen molar-refractivity contribution in [2.75, 3.05) is 0 Å². The number of benzene rings is 3. The Bertz CT molecular complexity index is 1300. The molecule has 1 amide bonds. The Labute approximate surface area is 187 Å². The van der Waals surface area contributed by atoms with Crippen LogP contribution in [0, 0.1) is 0 Å². The summed E-state index contributed by atoms with van der Waals surface area (Å²) in [7, 11) is 0. The predicted molar refractivity (Wildman–Crippen MR) is 120 cm³/mol. The van der Waals surface area contributed by atoms with Crippen LogP contribution in [0.2, 0.25) is 5.02 Å². The van der Waals surface area contributed by atoms with E-state index in [1.54, 1.807) is 48.5 Å². The number of rotatable bonds is 7. The molecule has 4 aromatic rings. The topological polar surface area (TPSA) is 101 Å². The molecule has 1 aromatic heterocycles. The zero-order valence-corrected chi connectivity index (χ0v) is 17.4. The summed E-state index contributed by atoms with van der Waals surface area (Å²) in [6.45, 7) is 0.168. The lowest BCUT2D eigenvalue weighted by atomic mass is 10.1. The first-order valence-corrected chi connectivity index (χ1v) is 9.94. The van der Waals surface area contributed by atoms with E-state index in [0.29, 0.717) is 27.5 Å². The Morgan fingerprint density at radius 3 is 2.69 bits per heavy atom. The van der Waals surface area contributed by atoms with Crippen LogP contribution < -0.4 is 10.2 Å². The highest BCUT2D eigenvalue weighted by Gasteiger charge is 2.11. The number of carboxylic acids is 1. The van der Waals surface area contributed by atoms with Gasteiger partial charge in [-0.1, -0.05) is 41.9 Å². The molecule has 0 saturated heterocycles. The first-order valence-electron chi connectivity index (χ1n) is 9.56. The van der Waals surface area contributed by atoms with Gasteiger partial charge in [-0.05, 0) is 53.6 Å². The molecule has 0 unspecified atom stereocenters. The number of carboxylic acid groups (broad SMARTS) is 1. The molecular weight excluding hydrogens is 432 g/mol. The fourth-order valence-electron chi connectivity index (χ4n) is 2.98. The predicted octanol–water partition coefficient (Wildman–Crippen LogP) is 5.13. The van der Waals surface area contributed by atoms with Gasteiger partial charge in [0.15, 0.2) is 5.76 Å². The minimum Gasteiger partial charge on any atom is -0.487 e. The van der Waals surface area contributed by atoms with Crippen LogP contribution in [0.3, 0.4) is 0 Å². The van der Waals surface area contributed by atoms with Crippen molar-refractivity contribution in [3.05, 3.63) is 100 Å². The van der Waals surface area contributed by atoms with Crippen LogP contribution in [0.4, 0.5) is 0 Å². The van der Waals surface area contributed by atoms with E-state index in [1.165, 1.54) is 12.3 Å². The summed E-state index contributed by atoms with van der Waals surface area (Å²) in [5, 5.41) is 14.2. The minimum atomic E-state index is -0.999. The number of nitrogens with zero attached hydrogens (tertiary/aromatic N) is 1. The lowest BCUT2D eigenvalue weighted by Gasteiger charge is -2.09. The number of aromatic carboxylic acids is 1. The van der Waals surface area contributed by atoms with Crippen molar-refractivity contribution >= 4 is 40.7 Å². The number of carbonyl (C=O) groups excluding carboxylic acids is 1. The van der Waals surface area contributed by atoms with Gasteiger partial charge in [0.2, 0.25) is 0 Å². The largest absolute Gasteiger partial charge is 0.487 e. The van der Waals surface area contributed by atoms with E-state index >= 15 is 0 Å². The highest BCUT2D eigenvalue weighted by molar-refractivity contribution is 6.32. The highest BCUT2D eigenvalue weighted by atomic mass is 35.5. The average molecular weight is 449 g/mol. The van der Waals surface area contributed by atoms with E-state index in [4.69, 9.17) is 25.9 Å². The van der Waals surface area contributed by atoms with Crippen LogP contribution >= 0.6 is 11.6 Å². The van der Waals surface area contributed by atoms with Gasteiger partial charge in [0.05, 0.1) is 16.8 Å². The number of para-hydroxylation sites is 1. The van der Waals surface area contributed by atoms with Gasteiger partial charge in [-0.2, -0.15) is 5.10 Å². The quantitative estimate of drug-likeness (QED) is 0.301. The number of amides is 1. The average Bonchev–Trinajstić information content (AvgIpc) is 3.23. The number of ether oxygens (including phenoxy) is 1. The van der Waals surface area contributed by atoms with E-state index in [9.17, 15) is 9.59 Å². The fraction of sp³-hybridized carbons (Fsp3) is 0.0417. The Morgan fingerprint density at radius 2 is 1.91 bits per heavy atom. The summed E-state index contributed by atoms with van der Waals surface area (Å²) >= 11 is 6.28. The normalized spacial score (nSPS) is 11.0. The molecule has 0 spiro atoms. The molecule has 0 aliphatic heterocycles. The summed E-state index contributed by atoms with van der Waals surface area (Å²) in [5.74, 6) is -0.860. The van der Waals surface area contributed by atoms with Crippen LogP contribution in [0.25, 0.3) is 11.0 Å². The van der Waals surface area contributed by atoms with E-state index in [1.807, 2.05) is 18.2 Å². The monoisotopic (exact) mass is 448 g/mol. The van der Waals surface area contributed by atoms with E-state index in [0.717, 1.165) is 5.39 Å². The maximum Gasteiger partial charge on any atom is 0.335 e. The summed E-state index contributed by atoms with van der Waals surface area (Å²) in [4.78, 5) is 23.3. The van der Waals surface area contributed by atoms with Crippen molar-refractivity contribution in [2.24, 2.45) is 5.10 Å². The van der Waals surface area contributed by atoms with Crippen LogP contribution in [-0.4, -0.2) is 23.2 Å². The van der Waals surface area contributed by atoms with E-state index in [-0.39, 0.29) is 17.9 Å². The Balaban J connectivity index is 1.36. The second-order valence-corrected chi connectivity index (χ2v) is 7.24. The zero-order chi connectivity index (χ0) is 22.5. The molecule has 0 aliphatic rings. The lowest BCUT2D eigenvalue weighted by Crippen LogP contribution is -2.16. The maximum atomic E-state index is 12.2. The summed E-state index contributed by atoms with van der Waals surface area (Å²) in [6.07, 6.45) is 1.45. The summed E-state index contributed by atoms with van der Waals surface area (Å²) in [6, 6.07) is 20.5. The smallest absolute Gasteiger partial charge is 0.335 e. The number of furan rings is 1. The van der Waals surface area contributed by atoms with Gasteiger partial charge in [0, 0.05) is 5.39 Å². The van der Waals surface area contributed by atoms with Gasteiger partial charge < -0.3 is 14.3 Å². The number of hydrogen-bond donors (Lipinski definition) is 2. The third kappa shape index (κ3) is 4.96. The number of hydrazone groups is 1. The van der Waals surface area contributed by atoms with Gasteiger partial charge >= 0.3 is 11.9 Å². The van der Waals surface area contributed by atoms with Crippen molar-refractivity contribution in [2.45, 2.75) is 6.61 Å². The molecule has 160 valence electrons. The van der Waals surface area contributed by atoms with Gasteiger partial charge in [0.1, 0.15) is 17.9 Å². The molecule has 8 heteroatoms. The van der Waals surface area contributed by atoms with Crippen molar-refractivity contribution in [3.8, 4) is 5.75 Å². The summed E-state index contributed by atoms with van der Waals surface area (Å²) < 4.78 is 11.2. The van der Waals surface area contributed by atoms with Gasteiger partial charge in [-0.3, -0.25) is 4.79 Å². The van der Waals surface area contributed by atoms with Gasteiger partial charge in [0.25, 0.3) is 0 Å². The molecule has 0 bridgehead atoms. The SMILES string of the molecule is O=C(O)c1cccc(COc2ccc(C=NNC(=O)c3cc4ccccc4o3)cc2Cl)c1. The van der Waals surface area contributed by atoms with Crippen LogP contribution in [-0.2, 0) is 6.61 Å². The Morgan fingerprint density at radius 1 is 1.06 bits per heavy atom. The fourth-order valence-corrected chi connectivity index (χ4v) is 3.23. The van der Waals surface area contributed by atoms with Crippen molar-refractivity contribution < 1.29 is 23.8 Å². The zero-order valence-electron chi connectivity index (χ0n) is 16.6. The van der Waals surface area contributed by atoms with Crippen LogP contribution in [0.5, 0.6) is 5.75 Å². The Kier molecular flexibility index (Phi) is 6.19. The molecule has 1 heterocycles. The molecule has 3 aromatic carbocycles. The number of halogens is 1. The lowest BCUT2D eigenvalue weighted by molar-refractivity contribution is 0.0696. The van der Waals surface area contributed by atoms with Crippen LogP contribution in [0.1, 0.15) is 32.0 Å². The molecule has 4 rings (SSSR count). The maximum absolute atomic E-state index is 12.2. The summed E-state index contributed by atoms with van der Waals surface area (Å²) in [5.41, 5.74) is 4.59. The van der Waals surface area contributed by atoms with Crippen LogP contribution in [0.15, 0.2) is 82.3 Å². The molecule has 0 aliphatic carbocycles. The van der Waals surface area contributed by atoms with Gasteiger partial charge in [-0.15, -0.1) is 0 Å². The highest BCUT2D eigenvalue weighted by Crippen LogP contribution is 2.26. The molecule has 2 N–H and O–H groups in total. The van der Waals surface area contributed by atoms with E-state index < -0.39 is 11.9 Å². The minimum absolute atomic E-state index is 0.164. The molecule has 7 nitrogen and oxygen atoms in total. The van der Waals surface area contributed by atoms with Crippen molar-refractivity contribution in [1.29, 1.82) is 0 Å². The van der Waals surface area contributed by atoms with Gasteiger partial charge in [-0.25, -0.2) is 10.2 Å².